The monoisotopic (exact) mass is 494 g/mol. The van der Waals surface area contributed by atoms with Crippen LogP contribution in [0.2, 0.25) is 0 Å². The van der Waals surface area contributed by atoms with Crippen molar-refractivity contribution in [3.05, 3.63) is 92.4 Å². The van der Waals surface area contributed by atoms with Crippen molar-refractivity contribution < 1.29 is 13.5 Å². The van der Waals surface area contributed by atoms with Gasteiger partial charge in [-0.05, 0) is 41.5 Å². The predicted molar refractivity (Wildman–Crippen MR) is 133 cm³/mol. The van der Waals surface area contributed by atoms with Crippen LogP contribution in [0, 0.1) is 11.6 Å². The molecule has 0 spiro atoms. The van der Waals surface area contributed by atoms with Gasteiger partial charge in [0.15, 0.2) is 11.2 Å². The molecule has 0 radical (unpaired) electrons. The highest BCUT2D eigenvalue weighted by atomic mass is 19.1. The zero-order valence-electron chi connectivity index (χ0n) is 20.5. The summed E-state index contributed by atoms with van der Waals surface area (Å²) in [6.45, 7) is 7.34. The molecule has 2 aromatic carbocycles. The minimum Gasteiger partial charge on any atom is -0.376 e. The standard InChI is InChI=1S/C27H28F2N4O3/c1-27(2,3)18-8-6-17(7-9-18)14-31-16-30-24-23(31)25(34)32(15-20-5-4-12-36-20)26(35)33(24)22-11-10-19(28)13-21(22)29/h6-11,13,16,20H,4-5,12,14-15H2,1-3H3. The first-order chi connectivity index (χ1) is 17.1. The summed E-state index contributed by atoms with van der Waals surface area (Å²) in [5.74, 6) is -1.69. The molecule has 0 aliphatic carbocycles. The molecule has 0 amide bonds. The fraction of sp³-hybridized carbons (Fsp3) is 0.370. The Morgan fingerprint density at radius 2 is 1.83 bits per heavy atom. The Labute approximate surface area is 206 Å². The molecular formula is C27H28F2N4O3. The number of imidazole rings is 1. The maximum Gasteiger partial charge on any atom is 0.337 e. The number of benzene rings is 2. The molecule has 188 valence electrons. The number of hydrogen-bond acceptors (Lipinski definition) is 4. The zero-order valence-corrected chi connectivity index (χ0v) is 20.5. The summed E-state index contributed by atoms with van der Waals surface area (Å²) in [5, 5.41) is 0. The average Bonchev–Trinajstić information content (AvgIpc) is 3.48. The largest absolute Gasteiger partial charge is 0.376 e. The smallest absolute Gasteiger partial charge is 0.337 e. The van der Waals surface area contributed by atoms with Crippen molar-refractivity contribution in [2.75, 3.05) is 6.61 Å². The molecule has 7 nitrogen and oxygen atoms in total. The third-order valence-electron chi connectivity index (χ3n) is 6.63. The van der Waals surface area contributed by atoms with Crippen LogP contribution in [0.5, 0.6) is 0 Å². The maximum absolute atomic E-state index is 14.8. The third kappa shape index (κ3) is 4.39. The van der Waals surface area contributed by atoms with Gasteiger partial charge in [0.25, 0.3) is 5.56 Å². The number of nitrogens with zero attached hydrogens (tertiary/aromatic N) is 4. The number of halogens is 2. The summed E-state index contributed by atoms with van der Waals surface area (Å²) < 4.78 is 37.9. The Morgan fingerprint density at radius 1 is 1.08 bits per heavy atom. The minimum absolute atomic E-state index is 0.00553. The van der Waals surface area contributed by atoms with Gasteiger partial charge in [0.05, 0.1) is 24.7 Å². The van der Waals surface area contributed by atoms with E-state index in [1.165, 1.54) is 18.0 Å². The summed E-state index contributed by atoms with van der Waals surface area (Å²) in [7, 11) is 0. The van der Waals surface area contributed by atoms with Crippen molar-refractivity contribution in [1.82, 2.24) is 18.7 Å². The molecule has 1 aliphatic rings. The number of hydrogen-bond donors (Lipinski definition) is 0. The Bertz CT molecular complexity index is 1540. The topological polar surface area (TPSA) is 71.1 Å². The highest BCUT2D eigenvalue weighted by molar-refractivity contribution is 5.72. The molecule has 5 rings (SSSR count). The number of ether oxygens (including phenoxy) is 1. The van der Waals surface area contributed by atoms with Gasteiger partial charge in [-0.2, -0.15) is 0 Å². The lowest BCUT2D eigenvalue weighted by Gasteiger charge is -2.19. The van der Waals surface area contributed by atoms with Crippen LogP contribution in [0.1, 0.15) is 44.7 Å². The van der Waals surface area contributed by atoms with Crippen LogP contribution in [0.3, 0.4) is 0 Å². The molecule has 1 saturated heterocycles. The second kappa shape index (κ2) is 9.13. The van der Waals surface area contributed by atoms with Crippen LogP contribution in [0.15, 0.2) is 58.4 Å². The SMILES string of the molecule is CC(C)(C)c1ccc(Cn2cnc3c2c(=O)n(CC2CCCO2)c(=O)n3-c2ccc(F)cc2F)cc1. The van der Waals surface area contributed by atoms with Gasteiger partial charge < -0.3 is 9.30 Å². The van der Waals surface area contributed by atoms with Crippen molar-refractivity contribution in [2.24, 2.45) is 0 Å². The van der Waals surface area contributed by atoms with Gasteiger partial charge in [0.2, 0.25) is 0 Å². The molecule has 0 N–H and O–H groups in total. The van der Waals surface area contributed by atoms with Gasteiger partial charge in [-0.15, -0.1) is 0 Å². The van der Waals surface area contributed by atoms with E-state index in [-0.39, 0.29) is 34.9 Å². The van der Waals surface area contributed by atoms with E-state index < -0.39 is 22.9 Å². The van der Waals surface area contributed by atoms with Crippen molar-refractivity contribution in [3.63, 3.8) is 0 Å². The molecule has 1 unspecified atom stereocenters. The molecule has 0 bridgehead atoms. The number of fused-ring (bicyclic) bond motifs is 1. The first-order valence-electron chi connectivity index (χ1n) is 12.0. The highest BCUT2D eigenvalue weighted by Gasteiger charge is 2.25. The van der Waals surface area contributed by atoms with Gasteiger partial charge in [0, 0.05) is 19.2 Å². The van der Waals surface area contributed by atoms with Gasteiger partial charge in [-0.25, -0.2) is 23.1 Å². The summed E-state index contributed by atoms with van der Waals surface area (Å²) in [6.07, 6.45) is 2.73. The van der Waals surface area contributed by atoms with Crippen LogP contribution >= 0.6 is 0 Å². The van der Waals surface area contributed by atoms with E-state index in [2.05, 4.69) is 25.8 Å². The van der Waals surface area contributed by atoms with E-state index >= 15 is 0 Å². The second-order valence-electron chi connectivity index (χ2n) is 10.3. The Kier molecular flexibility index (Phi) is 6.12. The van der Waals surface area contributed by atoms with Crippen LogP contribution in [-0.2, 0) is 23.2 Å². The predicted octanol–water partition coefficient (Wildman–Crippen LogP) is 4.15. The molecular weight excluding hydrogens is 466 g/mol. The zero-order chi connectivity index (χ0) is 25.6. The number of rotatable bonds is 5. The van der Waals surface area contributed by atoms with Crippen LogP contribution in [0.25, 0.3) is 16.9 Å². The second-order valence-corrected chi connectivity index (χ2v) is 10.3. The van der Waals surface area contributed by atoms with Crippen molar-refractivity contribution in [3.8, 4) is 5.69 Å². The molecule has 36 heavy (non-hydrogen) atoms. The Hall–Kier alpha value is -3.59. The van der Waals surface area contributed by atoms with Gasteiger partial charge in [-0.1, -0.05) is 45.0 Å². The number of aromatic nitrogens is 4. The Balaban J connectivity index is 1.67. The van der Waals surface area contributed by atoms with Crippen LogP contribution in [-0.4, -0.2) is 31.4 Å². The van der Waals surface area contributed by atoms with E-state index in [1.54, 1.807) is 4.57 Å². The lowest BCUT2D eigenvalue weighted by atomic mass is 9.87. The molecule has 1 atom stereocenters. The van der Waals surface area contributed by atoms with Crippen LogP contribution in [0.4, 0.5) is 8.78 Å². The van der Waals surface area contributed by atoms with E-state index in [4.69, 9.17) is 4.74 Å². The molecule has 9 heteroatoms. The molecule has 0 saturated carbocycles. The molecule has 3 heterocycles. The Morgan fingerprint density at radius 3 is 2.47 bits per heavy atom. The first-order valence-corrected chi connectivity index (χ1v) is 12.0. The summed E-state index contributed by atoms with van der Waals surface area (Å²) >= 11 is 0. The minimum atomic E-state index is -0.923. The first kappa shape index (κ1) is 24.1. The lowest BCUT2D eigenvalue weighted by molar-refractivity contribution is 0.0950. The van der Waals surface area contributed by atoms with E-state index in [1.807, 2.05) is 24.3 Å². The van der Waals surface area contributed by atoms with E-state index in [0.29, 0.717) is 25.6 Å². The van der Waals surface area contributed by atoms with Gasteiger partial charge in [0.1, 0.15) is 11.6 Å². The summed E-state index contributed by atoms with van der Waals surface area (Å²) in [5.41, 5.74) is 0.876. The van der Waals surface area contributed by atoms with Gasteiger partial charge >= 0.3 is 5.69 Å². The van der Waals surface area contributed by atoms with Gasteiger partial charge in [-0.3, -0.25) is 9.36 Å². The summed E-state index contributed by atoms with van der Waals surface area (Å²) in [4.78, 5) is 31.4. The lowest BCUT2D eigenvalue weighted by Crippen LogP contribution is -2.42. The molecule has 4 aromatic rings. The molecule has 1 fully saturated rings. The highest BCUT2D eigenvalue weighted by Crippen LogP contribution is 2.23. The third-order valence-corrected chi connectivity index (χ3v) is 6.63. The quantitative estimate of drug-likeness (QED) is 0.418. The molecule has 2 aromatic heterocycles. The fourth-order valence-corrected chi connectivity index (χ4v) is 4.64. The van der Waals surface area contributed by atoms with E-state index in [9.17, 15) is 18.4 Å². The van der Waals surface area contributed by atoms with E-state index in [0.717, 1.165) is 27.2 Å². The maximum atomic E-state index is 14.8. The summed E-state index contributed by atoms with van der Waals surface area (Å²) in [6, 6.07) is 11.0. The normalized spacial score (nSPS) is 16.2. The van der Waals surface area contributed by atoms with Crippen LogP contribution < -0.4 is 11.2 Å². The van der Waals surface area contributed by atoms with Crippen molar-refractivity contribution >= 4 is 11.2 Å². The van der Waals surface area contributed by atoms with Crippen molar-refractivity contribution in [1.29, 1.82) is 0 Å². The fourth-order valence-electron chi connectivity index (χ4n) is 4.64. The average molecular weight is 495 g/mol. The van der Waals surface area contributed by atoms with Crippen molar-refractivity contribution in [2.45, 2.75) is 58.2 Å². The molecule has 1 aliphatic heterocycles.